The van der Waals surface area contributed by atoms with E-state index in [0.29, 0.717) is 5.82 Å². The largest absolute Gasteiger partial charge is 0.383 e. The molecule has 0 radical (unpaired) electrons. The van der Waals surface area contributed by atoms with E-state index in [1.807, 2.05) is 19.3 Å². The summed E-state index contributed by atoms with van der Waals surface area (Å²) in [6.07, 6.45) is 5.35. The molecule has 0 aromatic carbocycles. The van der Waals surface area contributed by atoms with Crippen molar-refractivity contribution in [3.63, 3.8) is 0 Å². The summed E-state index contributed by atoms with van der Waals surface area (Å²) in [6.45, 7) is 4.56. The van der Waals surface area contributed by atoms with Gasteiger partial charge in [-0.2, -0.15) is 0 Å². The Kier molecular flexibility index (Phi) is 2.21. The number of rotatable bonds is 1. The summed E-state index contributed by atoms with van der Waals surface area (Å²) in [5, 5.41) is 0. The highest BCUT2D eigenvalue weighted by Gasteiger charge is 2.19. The van der Waals surface area contributed by atoms with Crippen molar-refractivity contribution in [3.05, 3.63) is 30.1 Å². The number of fused-ring (bicyclic) bond motifs is 1. The fourth-order valence-electron chi connectivity index (χ4n) is 2.13. The second-order valence-corrected chi connectivity index (χ2v) is 4.17. The minimum absolute atomic E-state index is 0.545. The van der Waals surface area contributed by atoms with Gasteiger partial charge in [-0.3, -0.25) is 0 Å². The summed E-state index contributed by atoms with van der Waals surface area (Å²) in [5.74, 6) is 2.52. The smallest absolute Gasteiger partial charge is 0.137 e. The lowest BCUT2D eigenvalue weighted by Crippen LogP contribution is -2.34. The number of aromatic nitrogens is 4. The number of nitrogens with two attached hydrogens (primary N) is 1. The van der Waals surface area contributed by atoms with E-state index in [2.05, 4.69) is 24.4 Å². The van der Waals surface area contributed by atoms with Gasteiger partial charge < -0.3 is 15.2 Å². The topological polar surface area (TPSA) is 72.9 Å². The van der Waals surface area contributed by atoms with E-state index in [1.54, 1.807) is 0 Å². The number of imidazole rings is 1. The lowest BCUT2D eigenvalue weighted by Gasteiger charge is -2.29. The van der Waals surface area contributed by atoms with Crippen molar-refractivity contribution < 1.29 is 0 Å². The Bertz CT molecular complexity index is 547. The highest BCUT2D eigenvalue weighted by atomic mass is 15.3. The van der Waals surface area contributed by atoms with Gasteiger partial charge in [0.05, 0.1) is 6.54 Å². The molecule has 2 N–H and O–H groups in total. The Morgan fingerprint density at radius 3 is 3.00 bits per heavy atom. The molecule has 6 nitrogen and oxygen atoms in total. The minimum Gasteiger partial charge on any atom is -0.383 e. The van der Waals surface area contributed by atoms with Crippen molar-refractivity contribution in [2.45, 2.75) is 20.0 Å². The average molecular weight is 230 g/mol. The summed E-state index contributed by atoms with van der Waals surface area (Å²) in [5.41, 5.74) is 6.74. The standard InChI is InChI=1S/C11H14N6/c1-8-10(12)14-7-15-11(8)17-5-4-16-3-2-13-9(16)6-17/h2-3,7H,4-6H2,1H3,(H2,12,14,15). The van der Waals surface area contributed by atoms with E-state index >= 15 is 0 Å². The van der Waals surface area contributed by atoms with Crippen LogP contribution in [0.5, 0.6) is 0 Å². The van der Waals surface area contributed by atoms with Gasteiger partial charge in [0.25, 0.3) is 0 Å². The van der Waals surface area contributed by atoms with Crippen molar-refractivity contribution in [2.24, 2.45) is 0 Å². The second-order valence-electron chi connectivity index (χ2n) is 4.17. The zero-order chi connectivity index (χ0) is 11.8. The number of nitrogens with zero attached hydrogens (tertiary/aromatic N) is 5. The van der Waals surface area contributed by atoms with Crippen molar-refractivity contribution >= 4 is 11.6 Å². The van der Waals surface area contributed by atoms with Gasteiger partial charge in [-0.05, 0) is 6.92 Å². The molecule has 1 aliphatic heterocycles. The van der Waals surface area contributed by atoms with Crippen molar-refractivity contribution in [1.82, 2.24) is 19.5 Å². The van der Waals surface area contributed by atoms with Crippen LogP contribution < -0.4 is 10.6 Å². The van der Waals surface area contributed by atoms with E-state index in [0.717, 1.165) is 36.8 Å². The number of hydrogen-bond donors (Lipinski definition) is 1. The van der Waals surface area contributed by atoms with Crippen LogP contribution in [-0.2, 0) is 13.1 Å². The van der Waals surface area contributed by atoms with E-state index in [1.165, 1.54) is 6.33 Å². The van der Waals surface area contributed by atoms with Gasteiger partial charge in [-0.25, -0.2) is 15.0 Å². The van der Waals surface area contributed by atoms with Crippen LogP contribution in [0.3, 0.4) is 0 Å². The quantitative estimate of drug-likeness (QED) is 0.776. The fraction of sp³-hybridized carbons (Fsp3) is 0.364. The summed E-state index contributed by atoms with van der Waals surface area (Å²) < 4.78 is 2.16. The molecule has 0 atom stereocenters. The molecule has 88 valence electrons. The predicted octanol–water partition coefficient (Wildman–Crippen LogP) is 0.584. The third-order valence-electron chi connectivity index (χ3n) is 3.14. The van der Waals surface area contributed by atoms with Crippen LogP contribution in [0, 0.1) is 6.92 Å². The highest BCUT2D eigenvalue weighted by Crippen LogP contribution is 2.23. The predicted molar refractivity (Wildman–Crippen MR) is 64.5 cm³/mol. The Morgan fingerprint density at radius 2 is 2.12 bits per heavy atom. The second kappa shape index (κ2) is 3.73. The Morgan fingerprint density at radius 1 is 1.24 bits per heavy atom. The normalized spacial score (nSPS) is 14.8. The third kappa shape index (κ3) is 1.61. The third-order valence-corrected chi connectivity index (χ3v) is 3.14. The van der Waals surface area contributed by atoms with Gasteiger partial charge in [-0.1, -0.05) is 0 Å². The molecule has 3 heterocycles. The lowest BCUT2D eigenvalue weighted by molar-refractivity contribution is 0.555. The van der Waals surface area contributed by atoms with Crippen LogP contribution in [-0.4, -0.2) is 26.1 Å². The molecule has 3 rings (SSSR count). The molecule has 17 heavy (non-hydrogen) atoms. The molecular formula is C11H14N6. The van der Waals surface area contributed by atoms with E-state index in [9.17, 15) is 0 Å². The van der Waals surface area contributed by atoms with Crippen LogP contribution in [0.2, 0.25) is 0 Å². The van der Waals surface area contributed by atoms with Gasteiger partial charge in [0.15, 0.2) is 0 Å². The van der Waals surface area contributed by atoms with Crippen LogP contribution in [0.1, 0.15) is 11.4 Å². The number of hydrogen-bond acceptors (Lipinski definition) is 5. The number of anilines is 2. The Hall–Kier alpha value is -2.11. The molecule has 0 amide bonds. The lowest BCUT2D eigenvalue weighted by atomic mass is 10.2. The van der Waals surface area contributed by atoms with Crippen molar-refractivity contribution in [1.29, 1.82) is 0 Å². The fourth-order valence-corrected chi connectivity index (χ4v) is 2.13. The first-order valence-electron chi connectivity index (χ1n) is 5.58. The first-order chi connectivity index (χ1) is 8.25. The molecule has 1 aliphatic rings. The Labute approximate surface area is 99.1 Å². The van der Waals surface area contributed by atoms with E-state index in [4.69, 9.17) is 5.73 Å². The zero-order valence-electron chi connectivity index (χ0n) is 9.67. The summed E-state index contributed by atoms with van der Waals surface area (Å²) in [7, 11) is 0. The van der Waals surface area contributed by atoms with Gasteiger partial charge in [0.2, 0.25) is 0 Å². The summed E-state index contributed by atoms with van der Waals surface area (Å²) >= 11 is 0. The van der Waals surface area contributed by atoms with Gasteiger partial charge in [-0.15, -0.1) is 0 Å². The molecule has 0 saturated heterocycles. The van der Waals surface area contributed by atoms with Crippen LogP contribution in [0.25, 0.3) is 0 Å². The molecule has 6 heteroatoms. The molecule has 0 saturated carbocycles. The molecule has 0 unspecified atom stereocenters. The minimum atomic E-state index is 0.545. The van der Waals surface area contributed by atoms with E-state index < -0.39 is 0 Å². The van der Waals surface area contributed by atoms with Crippen LogP contribution >= 0.6 is 0 Å². The first kappa shape index (κ1) is 10.1. The Balaban J connectivity index is 1.94. The molecular weight excluding hydrogens is 216 g/mol. The molecule has 0 aliphatic carbocycles. The SMILES string of the molecule is Cc1c(N)ncnc1N1CCn2ccnc2C1. The number of nitrogen functional groups attached to an aromatic ring is 1. The molecule has 2 aromatic heterocycles. The summed E-state index contributed by atoms with van der Waals surface area (Å²) in [4.78, 5) is 14.8. The van der Waals surface area contributed by atoms with Crippen LogP contribution in [0.4, 0.5) is 11.6 Å². The van der Waals surface area contributed by atoms with Crippen molar-refractivity contribution in [2.75, 3.05) is 17.2 Å². The van der Waals surface area contributed by atoms with Crippen LogP contribution in [0.15, 0.2) is 18.7 Å². The maximum Gasteiger partial charge on any atom is 0.137 e. The van der Waals surface area contributed by atoms with Gasteiger partial charge >= 0.3 is 0 Å². The molecule has 0 fully saturated rings. The van der Waals surface area contributed by atoms with Gasteiger partial charge in [0.1, 0.15) is 23.8 Å². The van der Waals surface area contributed by atoms with Crippen molar-refractivity contribution in [3.8, 4) is 0 Å². The maximum atomic E-state index is 5.80. The average Bonchev–Trinajstić information content (AvgIpc) is 2.79. The maximum absolute atomic E-state index is 5.80. The molecule has 0 bridgehead atoms. The van der Waals surface area contributed by atoms with E-state index in [-0.39, 0.29) is 0 Å². The molecule has 0 spiro atoms. The van der Waals surface area contributed by atoms with Gasteiger partial charge in [0, 0.05) is 31.0 Å². The first-order valence-corrected chi connectivity index (χ1v) is 5.58. The summed E-state index contributed by atoms with van der Waals surface area (Å²) in [6, 6.07) is 0. The highest BCUT2D eigenvalue weighted by molar-refractivity contribution is 5.55. The zero-order valence-corrected chi connectivity index (χ0v) is 9.67. The molecule has 2 aromatic rings. The monoisotopic (exact) mass is 230 g/mol.